The van der Waals surface area contributed by atoms with E-state index >= 15 is 0 Å². The Morgan fingerprint density at radius 2 is 1.73 bits per heavy atom. The molecule has 0 saturated carbocycles. The zero-order valence-corrected chi connectivity index (χ0v) is 20.2. The number of benzene rings is 3. The van der Waals surface area contributed by atoms with E-state index in [1.165, 1.54) is 6.08 Å². The quantitative estimate of drug-likeness (QED) is 0.344. The number of carbonyl (C=O) groups excluding carboxylic acids is 2. The molecule has 4 rings (SSSR count). The van der Waals surface area contributed by atoms with Crippen molar-refractivity contribution >= 4 is 34.0 Å². The monoisotopic (exact) mass is 507 g/mol. The summed E-state index contributed by atoms with van der Waals surface area (Å²) in [6.07, 6.45) is 2.39. The molecule has 1 atom stereocenters. The number of ether oxygens (including phenoxy) is 2. The summed E-state index contributed by atoms with van der Waals surface area (Å²) in [5.41, 5.74) is 2.62. The molecule has 3 aromatic rings. The van der Waals surface area contributed by atoms with Gasteiger partial charge < -0.3 is 9.47 Å². The Balaban J connectivity index is 0.00000149. The maximum Gasteiger partial charge on any atom is 0.417 e. The standard InChI is InChI=1S/C25H20BrNO4.C2H6/c26-21-12-13-23(30-16-18-7-3-1-4-8-18)20(15-21)11-14-24(28)27-22(17-31-25(27)29)19-9-5-2-6-10-19;1-2/h1-15,22H,16-17H2;1-2H3/b14-11+;. The van der Waals surface area contributed by atoms with Crippen LogP contribution < -0.4 is 4.74 Å². The number of nitrogens with zero attached hydrogens (tertiary/aromatic N) is 1. The van der Waals surface area contributed by atoms with E-state index in [1.807, 2.05) is 92.7 Å². The fraction of sp³-hybridized carbons (Fsp3) is 0.185. The van der Waals surface area contributed by atoms with Gasteiger partial charge in [0.1, 0.15) is 25.0 Å². The molecule has 5 nitrogen and oxygen atoms in total. The SMILES string of the molecule is CC.O=C(/C=C/c1cc(Br)ccc1OCc1ccccc1)N1C(=O)OCC1c1ccccc1. The van der Waals surface area contributed by atoms with E-state index in [-0.39, 0.29) is 6.61 Å². The van der Waals surface area contributed by atoms with E-state index in [0.717, 1.165) is 26.1 Å². The van der Waals surface area contributed by atoms with Gasteiger partial charge in [-0.05, 0) is 35.4 Å². The van der Waals surface area contributed by atoms with Crippen molar-refractivity contribution in [1.29, 1.82) is 0 Å². The van der Waals surface area contributed by atoms with Gasteiger partial charge in [-0.25, -0.2) is 9.69 Å². The maximum atomic E-state index is 12.9. The molecule has 0 aromatic heterocycles. The largest absolute Gasteiger partial charge is 0.488 e. The fourth-order valence-corrected chi connectivity index (χ4v) is 3.72. The lowest BCUT2D eigenvalue weighted by Crippen LogP contribution is -2.32. The Labute approximate surface area is 202 Å². The molecule has 33 heavy (non-hydrogen) atoms. The lowest BCUT2D eigenvalue weighted by molar-refractivity contribution is -0.124. The van der Waals surface area contributed by atoms with E-state index in [2.05, 4.69) is 15.9 Å². The molecule has 1 aliphatic heterocycles. The van der Waals surface area contributed by atoms with Crippen LogP contribution in [-0.4, -0.2) is 23.5 Å². The van der Waals surface area contributed by atoms with Crippen LogP contribution in [0.25, 0.3) is 6.08 Å². The number of hydrogen-bond donors (Lipinski definition) is 0. The number of hydrogen-bond acceptors (Lipinski definition) is 4. The predicted octanol–water partition coefficient (Wildman–Crippen LogP) is 6.79. The second-order valence-corrected chi connectivity index (χ2v) is 7.92. The maximum absolute atomic E-state index is 12.9. The first-order valence-electron chi connectivity index (χ1n) is 10.8. The summed E-state index contributed by atoms with van der Waals surface area (Å²) in [6, 6.07) is 24.4. The van der Waals surface area contributed by atoms with Gasteiger partial charge in [0, 0.05) is 16.1 Å². The molecule has 1 fully saturated rings. The normalized spacial score (nSPS) is 15.1. The highest BCUT2D eigenvalue weighted by atomic mass is 79.9. The number of amides is 2. The average molecular weight is 508 g/mol. The van der Waals surface area contributed by atoms with Gasteiger partial charge in [-0.1, -0.05) is 90.4 Å². The zero-order valence-electron chi connectivity index (χ0n) is 18.6. The van der Waals surface area contributed by atoms with Crippen molar-refractivity contribution in [2.24, 2.45) is 0 Å². The third kappa shape index (κ3) is 6.33. The minimum atomic E-state index is -0.640. The van der Waals surface area contributed by atoms with E-state index in [4.69, 9.17) is 9.47 Å². The second-order valence-electron chi connectivity index (χ2n) is 7.00. The molecule has 0 bridgehead atoms. The summed E-state index contributed by atoms with van der Waals surface area (Å²) >= 11 is 3.46. The van der Waals surface area contributed by atoms with Crippen molar-refractivity contribution in [3.8, 4) is 5.75 Å². The van der Waals surface area contributed by atoms with Gasteiger partial charge in [-0.3, -0.25) is 4.79 Å². The van der Waals surface area contributed by atoms with Crippen molar-refractivity contribution in [2.45, 2.75) is 26.5 Å². The number of cyclic esters (lactones) is 1. The van der Waals surface area contributed by atoms with Crippen LogP contribution >= 0.6 is 15.9 Å². The molecular formula is C27H26BrNO4. The van der Waals surface area contributed by atoms with Crippen LogP contribution in [0.1, 0.15) is 36.6 Å². The molecule has 1 heterocycles. The Bertz CT molecular complexity index is 1100. The highest BCUT2D eigenvalue weighted by Gasteiger charge is 2.37. The lowest BCUT2D eigenvalue weighted by Gasteiger charge is -2.18. The van der Waals surface area contributed by atoms with Gasteiger partial charge in [0.05, 0.1) is 0 Å². The summed E-state index contributed by atoms with van der Waals surface area (Å²) in [7, 11) is 0. The molecule has 6 heteroatoms. The summed E-state index contributed by atoms with van der Waals surface area (Å²) in [4.78, 5) is 26.2. The average Bonchev–Trinajstić information content (AvgIpc) is 3.26. The van der Waals surface area contributed by atoms with Crippen LogP contribution in [0.5, 0.6) is 5.75 Å². The number of halogens is 1. The van der Waals surface area contributed by atoms with E-state index < -0.39 is 18.0 Å². The summed E-state index contributed by atoms with van der Waals surface area (Å²) in [6.45, 7) is 4.55. The molecular weight excluding hydrogens is 482 g/mol. The summed E-state index contributed by atoms with van der Waals surface area (Å²) in [5, 5.41) is 0. The van der Waals surface area contributed by atoms with Crippen LogP contribution in [0.15, 0.2) is 89.4 Å². The molecule has 0 N–H and O–H groups in total. The van der Waals surface area contributed by atoms with Gasteiger partial charge in [0.25, 0.3) is 5.91 Å². The van der Waals surface area contributed by atoms with Crippen molar-refractivity contribution in [2.75, 3.05) is 6.61 Å². The van der Waals surface area contributed by atoms with Crippen LogP contribution in [-0.2, 0) is 16.1 Å². The number of rotatable bonds is 6. The minimum Gasteiger partial charge on any atom is -0.488 e. The smallest absolute Gasteiger partial charge is 0.417 e. The van der Waals surface area contributed by atoms with E-state index in [9.17, 15) is 9.59 Å². The van der Waals surface area contributed by atoms with Crippen LogP contribution in [0.4, 0.5) is 4.79 Å². The highest BCUT2D eigenvalue weighted by Crippen LogP contribution is 2.29. The predicted molar refractivity (Wildman–Crippen MR) is 133 cm³/mol. The van der Waals surface area contributed by atoms with E-state index in [0.29, 0.717) is 12.4 Å². The molecule has 0 aliphatic carbocycles. The van der Waals surface area contributed by atoms with Gasteiger partial charge in [-0.2, -0.15) is 0 Å². The first kappa shape index (κ1) is 24.3. The number of carbonyl (C=O) groups is 2. The highest BCUT2D eigenvalue weighted by molar-refractivity contribution is 9.10. The van der Waals surface area contributed by atoms with Crippen molar-refractivity contribution in [3.05, 3.63) is 106 Å². The third-order valence-corrected chi connectivity index (χ3v) is 5.40. The molecule has 1 aliphatic rings. The first-order chi connectivity index (χ1) is 16.1. The minimum absolute atomic E-state index is 0.144. The molecule has 1 unspecified atom stereocenters. The molecule has 1 saturated heterocycles. The summed E-state index contributed by atoms with van der Waals surface area (Å²) < 4.78 is 12.0. The van der Waals surface area contributed by atoms with Crippen molar-refractivity contribution < 1.29 is 19.1 Å². The van der Waals surface area contributed by atoms with Gasteiger partial charge >= 0.3 is 6.09 Å². The Hall–Kier alpha value is -3.38. The zero-order chi connectivity index (χ0) is 23.6. The Morgan fingerprint density at radius 1 is 1.06 bits per heavy atom. The molecule has 3 aromatic carbocycles. The molecule has 2 amide bonds. The van der Waals surface area contributed by atoms with Crippen LogP contribution in [0, 0.1) is 0 Å². The van der Waals surface area contributed by atoms with Crippen molar-refractivity contribution in [3.63, 3.8) is 0 Å². The molecule has 0 radical (unpaired) electrons. The Kier molecular flexibility index (Phi) is 8.84. The molecule has 170 valence electrons. The number of imide groups is 1. The van der Waals surface area contributed by atoms with Gasteiger partial charge in [0.15, 0.2) is 0 Å². The summed E-state index contributed by atoms with van der Waals surface area (Å²) in [5.74, 6) is 0.199. The second kappa shape index (κ2) is 12.0. The van der Waals surface area contributed by atoms with Crippen LogP contribution in [0.2, 0.25) is 0 Å². The lowest BCUT2D eigenvalue weighted by atomic mass is 10.1. The topological polar surface area (TPSA) is 55.8 Å². The fourth-order valence-electron chi connectivity index (χ4n) is 3.34. The van der Waals surface area contributed by atoms with Gasteiger partial charge in [0.2, 0.25) is 0 Å². The first-order valence-corrected chi connectivity index (χ1v) is 11.6. The molecule has 0 spiro atoms. The Morgan fingerprint density at radius 3 is 2.42 bits per heavy atom. The van der Waals surface area contributed by atoms with Crippen molar-refractivity contribution in [1.82, 2.24) is 4.90 Å². The van der Waals surface area contributed by atoms with E-state index in [1.54, 1.807) is 6.08 Å². The van der Waals surface area contributed by atoms with Crippen LogP contribution in [0.3, 0.4) is 0 Å². The third-order valence-electron chi connectivity index (χ3n) is 4.91. The van der Waals surface area contributed by atoms with Gasteiger partial charge in [-0.15, -0.1) is 0 Å².